The lowest BCUT2D eigenvalue weighted by atomic mass is 9.93. The van der Waals surface area contributed by atoms with Gasteiger partial charge in [0, 0.05) is 19.2 Å². The Balaban J connectivity index is 1.45. The summed E-state index contributed by atoms with van der Waals surface area (Å²) in [6, 6.07) is 9.95. The van der Waals surface area contributed by atoms with Crippen molar-refractivity contribution in [2.45, 2.75) is 70.1 Å². The van der Waals surface area contributed by atoms with E-state index in [0.29, 0.717) is 12.7 Å². The minimum absolute atomic E-state index is 0.200. The maximum absolute atomic E-state index is 12.0. The monoisotopic (exact) mass is 402 g/mol. The molecular weight excluding hydrogens is 364 g/mol. The molecule has 1 saturated carbocycles. The molecule has 0 saturated heterocycles. The van der Waals surface area contributed by atoms with Gasteiger partial charge in [0.1, 0.15) is 6.61 Å². The molecule has 2 rings (SSSR count). The molecule has 0 spiro atoms. The Morgan fingerprint density at radius 1 is 1.14 bits per heavy atom. The standard InChI is InChI=1S/C24H38N2O3/c1-3-17-26(2)18-9-4-5-10-19-28-23-15-13-22(14-16-23)25-24(27)29-20-21-11-7-6-8-12-21/h3,6-8,11-12,22-23H,1,4-5,9-10,13-20H2,2H3,(H,25,27)/t22-,23-. The number of nitrogens with one attached hydrogen (secondary N) is 1. The molecule has 162 valence electrons. The summed E-state index contributed by atoms with van der Waals surface area (Å²) in [5, 5.41) is 2.99. The van der Waals surface area contributed by atoms with Crippen LogP contribution in [0.3, 0.4) is 0 Å². The molecule has 1 aromatic carbocycles. The number of alkyl carbamates (subject to hydrolysis) is 1. The highest BCUT2D eigenvalue weighted by Gasteiger charge is 2.23. The second kappa shape index (κ2) is 14.2. The molecule has 1 N–H and O–H groups in total. The lowest BCUT2D eigenvalue weighted by Crippen LogP contribution is -2.39. The Kier molecular flexibility index (Phi) is 11.5. The van der Waals surface area contributed by atoms with E-state index in [1.165, 1.54) is 19.3 Å². The normalized spacial score (nSPS) is 19.1. The van der Waals surface area contributed by atoms with Crippen molar-refractivity contribution in [1.82, 2.24) is 10.2 Å². The number of benzene rings is 1. The third kappa shape index (κ3) is 10.5. The topological polar surface area (TPSA) is 50.8 Å². The number of amides is 1. The molecule has 5 heteroatoms. The van der Waals surface area contributed by atoms with Crippen molar-refractivity contribution in [2.75, 3.05) is 26.7 Å². The van der Waals surface area contributed by atoms with Gasteiger partial charge in [-0.1, -0.05) is 49.2 Å². The molecule has 1 fully saturated rings. The lowest BCUT2D eigenvalue weighted by Gasteiger charge is -2.29. The Labute approximate surface area is 176 Å². The van der Waals surface area contributed by atoms with E-state index in [1.807, 2.05) is 36.4 Å². The predicted octanol–water partition coefficient (Wildman–Crippen LogP) is 4.92. The fourth-order valence-electron chi connectivity index (χ4n) is 3.70. The van der Waals surface area contributed by atoms with Crippen LogP contribution in [-0.4, -0.2) is 49.9 Å². The molecule has 1 aliphatic rings. The van der Waals surface area contributed by atoms with E-state index < -0.39 is 0 Å². The molecule has 1 aromatic rings. The summed E-state index contributed by atoms with van der Waals surface area (Å²) in [4.78, 5) is 14.3. The first-order valence-electron chi connectivity index (χ1n) is 11.1. The van der Waals surface area contributed by atoms with Crippen LogP contribution in [0, 0.1) is 0 Å². The molecule has 0 atom stereocenters. The van der Waals surface area contributed by atoms with E-state index in [0.717, 1.165) is 57.4 Å². The Morgan fingerprint density at radius 2 is 1.86 bits per heavy atom. The fraction of sp³-hybridized carbons (Fsp3) is 0.625. The van der Waals surface area contributed by atoms with Crippen molar-refractivity contribution >= 4 is 6.09 Å². The number of hydrogen-bond donors (Lipinski definition) is 1. The van der Waals surface area contributed by atoms with Gasteiger partial charge in [-0.25, -0.2) is 4.79 Å². The van der Waals surface area contributed by atoms with Crippen molar-refractivity contribution in [3.8, 4) is 0 Å². The van der Waals surface area contributed by atoms with E-state index in [1.54, 1.807) is 0 Å². The minimum Gasteiger partial charge on any atom is -0.445 e. The lowest BCUT2D eigenvalue weighted by molar-refractivity contribution is 0.0199. The molecule has 1 amide bonds. The van der Waals surface area contributed by atoms with Crippen LogP contribution < -0.4 is 5.32 Å². The number of carbonyl (C=O) groups is 1. The number of rotatable bonds is 13. The Bertz CT molecular complexity index is 571. The highest BCUT2D eigenvalue weighted by Crippen LogP contribution is 2.22. The van der Waals surface area contributed by atoms with Crippen LogP contribution in [0.5, 0.6) is 0 Å². The largest absolute Gasteiger partial charge is 0.445 e. The molecule has 1 aliphatic carbocycles. The molecular formula is C24H38N2O3. The molecule has 0 aliphatic heterocycles. The zero-order chi connectivity index (χ0) is 20.7. The molecule has 0 radical (unpaired) electrons. The van der Waals surface area contributed by atoms with Gasteiger partial charge in [-0.15, -0.1) is 6.58 Å². The van der Waals surface area contributed by atoms with Crippen LogP contribution in [0.1, 0.15) is 56.9 Å². The first kappa shape index (κ1) is 23.4. The van der Waals surface area contributed by atoms with Gasteiger partial charge < -0.3 is 19.7 Å². The zero-order valence-electron chi connectivity index (χ0n) is 18.0. The average Bonchev–Trinajstić information content (AvgIpc) is 2.74. The fourth-order valence-corrected chi connectivity index (χ4v) is 3.70. The smallest absolute Gasteiger partial charge is 0.407 e. The number of carbonyl (C=O) groups excluding carboxylic acids is 1. The van der Waals surface area contributed by atoms with Gasteiger partial charge in [0.2, 0.25) is 0 Å². The van der Waals surface area contributed by atoms with Crippen molar-refractivity contribution in [2.24, 2.45) is 0 Å². The van der Waals surface area contributed by atoms with Crippen LogP contribution in [0.15, 0.2) is 43.0 Å². The van der Waals surface area contributed by atoms with Crippen molar-refractivity contribution < 1.29 is 14.3 Å². The summed E-state index contributed by atoms with van der Waals surface area (Å²) in [6.07, 6.45) is 10.8. The highest BCUT2D eigenvalue weighted by atomic mass is 16.5. The second-order valence-electron chi connectivity index (χ2n) is 8.02. The third-order valence-electron chi connectivity index (χ3n) is 5.44. The van der Waals surface area contributed by atoms with Gasteiger partial charge in [0.15, 0.2) is 0 Å². The van der Waals surface area contributed by atoms with Gasteiger partial charge in [0.05, 0.1) is 6.10 Å². The molecule has 0 heterocycles. The molecule has 29 heavy (non-hydrogen) atoms. The Morgan fingerprint density at radius 3 is 2.59 bits per heavy atom. The van der Waals surface area contributed by atoms with Crippen molar-refractivity contribution in [3.63, 3.8) is 0 Å². The van der Waals surface area contributed by atoms with Crippen LogP contribution in [0.25, 0.3) is 0 Å². The van der Waals surface area contributed by atoms with E-state index in [-0.39, 0.29) is 12.1 Å². The van der Waals surface area contributed by atoms with E-state index in [4.69, 9.17) is 9.47 Å². The number of hydrogen-bond acceptors (Lipinski definition) is 4. The van der Waals surface area contributed by atoms with Gasteiger partial charge >= 0.3 is 6.09 Å². The number of ether oxygens (including phenoxy) is 2. The SMILES string of the molecule is C=CCN(C)CCCCCCO[C@H]1CC[C@H](NC(=O)OCc2ccccc2)CC1. The summed E-state index contributed by atoms with van der Waals surface area (Å²) in [7, 11) is 2.14. The van der Waals surface area contributed by atoms with E-state index >= 15 is 0 Å². The number of nitrogens with zero attached hydrogens (tertiary/aromatic N) is 1. The zero-order valence-corrected chi connectivity index (χ0v) is 18.0. The molecule has 0 aromatic heterocycles. The number of likely N-dealkylation sites (N-methyl/N-ethyl adjacent to an activating group) is 1. The maximum atomic E-state index is 12.0. The first-order valence-corrected chi connectivity index (χ1v) is 11.1. The first-order chi connectivity index (χ1) is 14.2. The summed E-state index contributed by atoms with van der Waals surface area (Å²) in [5.41, 5.74) is 1.00. The van der Waals surface area contributed by atoms with Crippen molar-refractivity contribution in [1.29, 1.82) is 0 Å². The maximum Gasteiger partial charge on any atom is 0.407 e. The highest BCUT2D eigenvalue weighted by molar-refractivity contribution is 5.67. The summed E-state index contributed by atoms with van der Waals surface area (Å²) in [5.74, 6) is 0. The molecule has 0 unspecified atom stereocenters. The quantitative estimate of drug-likeness (QED) is 0.376. The van der Waals surface area contributed by atoms with Gasteiger partial charge in [-0.3, -0.25) is 0 Å². The van der Waals surface area contributed by atoms with E-state index in [2.05, 4.69) is 23.8 Å². The minimum atomic E-state index is -0.322. The van der Waals surface area contributed by atoms with Gasteiger partial charge in [-0.2, -0.15) is 0 Å². The van der Waals surface area contributed by atoms with Crippen molar-refractivity contribution in [3.05, 3.63) is 48.6 Å². The predicted molar refractivity (Wildman–Crippen MR) is 118 cm³/mol. The van der Waals surface area contributed by atoms with Gasteiger partial charge in [0.25, 0.3) is 0 Å². The molecule has 0 bridgehead atoms. The Hall–Kier alpha value is -1.85. The number of unbranched alkanes of at least 4 members (excludes halogenated alkanes) is 3. The molecule has 5 nitrogen and oxygen atoms in total. The second-order valence-corrected chi connectivity index (χ2v) is 8.02. The average molecular weight is 403 g/mol. The van der Waals surface area contributed by atoms with Crippen LogP contribution in [-0.2, 0) is 16.1 Å². The summed E-state index contributed by atoms with van der Waals surface area (Å²) >= 11 is 0. The van der Waals surface area contributed by atoms with Gasteiger partial charge in [-0.05, 0) is 57.7 Å². The summed E-state index contributed by atoms with van der Waals surface area (Å²) in [6.45, 7) is 7.03. The van der Waals surface area contributed by atoms with Crippen LogP contribution >= 0.6 is 0 Å². The van der Waals surface area contributed by atoms with E-state index in [9.17, 15) is 4.79 Å². The third-order valence-corrected chi connectivity index (χ3v) is 5.44. The summed E-state index contributed by atoms with van der Waals surface area (Å²) < 4.78 is 11.3. The van der Waals surface area contributed by atoms with Crippen LogP contribution in [0.2, 0.25) is 0 Å². The van der Waals surface area contributed by atoms with Crippen LogP contribution in [0.4, 0.5) is 4.79 Å².